The van der Waals surface area contributed by atoms with E-state index in [1.54, 1.807) is 25.2 Å². The van der Waals surface area contributed by atoms with E-state index in [-0.39, 0.29) is 19.1 Å². The van der Waals surface area contributed by atoms with Gasteiger partial charge < -0.3 is 14.2 Å². The third-order valence-electron chi connectivity index (χ3n) is 2.69. The summed E-state index contributed by atoms with van der Waals surface area (Å²) in [5.41, 5.74) is 0.889. The Labute approximate surface area is 118 Å². The Morgan fingerprint density at radius 2 is 1.80 bits per heavy atom. The van der Waals surface area contributed by atoms with Crippen molar-refractivity contribution in [2.75, 3.05) is 34.4 Å². The second kappa shape index (κ2) is 8.02. The predicted molar refractivity (Wildman–Crippen MR) is 72.5 cm³/mol. The number of carbonyl (C=O) groups excluding carboxylic acids is 1. The van der Waals surface area contributed by atoms with Crippen LogP contribution in [-0.2, 0) is 16.1 Å². The molecular formula is C14H18N2O4. The van der Waals surface area contributed by atoms with Crippen molar-refractivity contribution in [1.29, 1.82) is 5.26 Å². The van der Waals surface area contributed by atoms with E-state index in [2.05, 4.69) is 4.74 Å². The van der Waals surface area contributed by atoms with Gasteiger partial charge in [0.1, 0.15) is 11.5 Å². The van der Waals surface area contributed by atoms with Gasteiger partial charge in [-0.15, -0.1) is 0 Å². The van der Waals surface area contributed by atoms with Crippen molar-refractivity contribution in [2.45, 2.75) is 6.54 Å². The number of nitriles is 1. The van der Waals surface area contributed by atoms with Gasteiger partial charge in [-0.2, -0.15) is 5.26 Å². The van der Waals surface area contributed by atoms with Crippen LogP contribution >= 0.6 is 0 Å². The van der Waals surface area contributed by atoms with Crippen LogP contribution in [0.2, 0.25) is 0 Å². The van der Waals surface area contributed by atoms with Crippen molar-refractivity contribution in [2.24, 2.45) is 0 Å². The Morgan fingerprint density at radius 3 is 2.25 bits per heavy atom. The summed E-state index contributed by atoms with van der Waals surface area (Å²) in [6.07, 6.45) is 0. The normalized spacial score (nSPS) is 9.95. The molecule has 0 aliphatic heterocycles. The van der Waals surface area contributed by atoms with Crippen LogP contribution in [0.3, 0.4) is 0 Å². The molecule has 0 bridgehead atoms. The molecule has 0 spiro atoms. The van der Waals surface area contributed by atoms with Gasteiger partial charge in [0.05, 0.1) is 40.5 Å². The van der Waals surface area contributed by atoms with Gasteiger partial charge in [-0.1, -0.05) is 0 Å². The number of ether oxygens (including phenoxy) is 3. The number of esters is 1. The van der Waals surface area contributed by atoms with Crippen LogP contribution in [0.25, 0.3) is 0 Å². The van der Waals surface area contributed by atoms with Crippen molar-refractivity contribution in [3.05, 3.63) is 23.8 Å². The Bertz CT molecular complexity index is 474. The number of carbonyl (C=O) groups is 1. The van der Waals surface area contributed by atoms with Gasteiger partial charge in [0.25, 0.3) is 0 Å². The lowest BCUT2D eigenvalue weighted by atomic mass is 10.2. The molecule has 0 saturated heterocycles. The predicted octanol–water partition coefficient (Wildman–Crippen LogP) is 1.20. The summed E-state index contributed by atoms with van der Waals surface area (Å²) in [4.78, 5) is 13.0. The molecule has 0 atom stereocenters. The van der Waals surface area contributed by atoms with Crippen molar-refractivity contribution in [3.63, 3.8) is 0 Å². The average molecular weight is 278 g/mol. The Morgan fingerprint density at radius 1 is 1.20 bits per heavy atom. The van der Waals surface area contributed by atoms with Crippen molar-refractivity contribution < 1.29 is 19.0 Å². The summed E-state index contributed by atoms with van der Waals surface area (Å²) in [6.45, 7) is 0.619. The Hall–Kier alpha value is -2.26. The molecule has 1 aromatic rings. The molecule has 0 fully saturated rings. The number of methoxy groups -OCH3 is 3. The number of hydrogen-bond acceptors (Lipinski definition) is 6. The van der Waals surface area contributed by atoms with Crippen molar-refractivity contribution in [1.82, 2.24) is 4.90 Å². The third-order valence-corrected chi connectivity index (χ3v) is 2.69. The zero-order valence-electron chi connectivity index (χ0n) is 11.9. The minimum absolute atomic E-state index is 0.0591. The Kier molecular flexibility index (Phi) is 6.33. The third kappa shape index (κ3) is 4.78. The van der Waals surface area contributed by atoms with E-state index in [9.17, 15) is 4.79 Å². The molecule has 0 heterocycles. The highest BCUT2D eigenvalue weighted by Crippen LogP contribution is 2.23. The number of rotatable bonds is 7. The molecule has 108 valence electrons. The van der Waals surface area contributed by atoms with Gasteiger partial charge in [0.2, 0.25) is 0 Å². The minimum atomic E-state index is -0.380. The number of nitrogens with zero attached hydrogens (tertiary/aromatic N) is 2. The monoisotopic (exact) mass is 278 g/mol. The first-order valence-corrected chi connectivity index (χ1v) is 6.01. The zero-order chi connectivity index (χ0) is 15.0. The lowest BCUT2D eigenvalue weighted by Gasteiger charge is -2.18. The highest BCUT2D eigenvalue weighted by molar-refractivity contribution is 5.71. The van der Waals surface area contributed by atoms with Crippen LogP contribution in [-0.4, -0.2) is 45.3 Å². The second-order valence-corrected chi connectivity index (χ2v) is 4.10. The minimum Gasteiger partial charge on any atom is -0.497 e. The van der Waals surface area contributed by atoms with Crippen LogP contribution in [0.5, 0.6) is 11.5 Å². The molecular weight excluding hydrogens is 260 g/mol. The van der Waals surface area contributed by atoms with E-state index in [0.717, 1.165) is 5.56 Å². The summed E-state index contributed by atoms with van der Waals surface area (Å²) in [5.74, 6) is 0.943. The maximum Gasteiger partial charge on any atom is 0.319 e. The molecule has 0 saturated carbocycles. The van der Waals surface area contributed by atoms with E-state index < -0.39 is 0 Å². The Balaban J connectivity index is 2.86. The fourth-order valence-electron chi connectivity index (χ4n) is 1.73. The van der Waals surface area contributed by atoms with Crippen LogP contribution in [0, 0.1) is 11.3 Å². The lowest BCUT2D eigenvalue weighted by molar-refractivity contribution is -0.141. The smallest absolute Gasteiger partial charge is 0.319 e. The topological polar surface area (TPSA) is 71.8 Å². The molecule has 0 N–H and O–H groups in total. The van der Waals surface area contributed by atoms with Gasteiger partial charge in [0.15, 0.2) is 0 Å². The first-order valence-electron chi connectivity index (χ1n) is 6.01. The van der Waals surface area contributed by atoms with Crippen LogP contribution < -0.4 is 9.47 Å². The van der Waals surface area contributed by atoms with Gasteiger partial charge in [-0.25, -0.2) is 0 Å². The molecule has 0 aliphatic rings. The van der Waals surface area contributed by atoms with Gasteiger partial charge in [-0.3, -0.25) is 9.69 Å². The van der Waals surface area contributed by atoms with Crippen LogP contribution in [0.15, 0.2) is 18.2 Å². The van der Waals surface area contributed by atoms with E-state index in [4.69, 9.17) is 14.7 Å². The highest BCUT2D eigenvalue weighted by Gasteiger charge is 2.12. The largest absolute Gasteiger partial charge is 0.497 e. The molecule has 1 rings (SSSR count). The van der Waals surface area contributed by atoms with Crippen LogP contribution in [0.4, 0.5) is 0 Å². The zero-order valence-corrected chi connectivity index (χ0v) is 11.9. The quantitative estimate of drug-likeness (QED) is 0.551. The fourth-order valence-corrected chi connectivity index (χ4v) is 1.73. The average Bonchev–Trinajstić information content (AvgIpc) is 2.46. The van der Waals surface area contributed by atoms with Gasteiger partial charge in [-0.05, 0) is 17.7 Å². The van der Waals surface area contributed by atoms with E-state index in [1.807, 2.05) is 18.2 Å². The number of benzene rings is 1. The molecule has 0 unspecified atom stereocenters. The summed E-state index contributed by atoms with van der Waals surface area (Å²) in [6, 6.07) is 7.47. The second-order valence-electron chi connectivity index (χ2n) is 4.10. The first kappa shape index (κ1) is 15.8. The molecule has 0 aromatic heterocycles. The standard InChI is InChI=1S/C14H18N2O4/c1-18-12-6-11(7-13(8-12)19-2)9-16(5-4-15)10-14(17)20-3/h6-8H,5,9-10H2,1-3H3. The van der Waals surface area contributed by atoms with E-state index >= 15 is 0 Å². The maximum absolute atomic E-state index is 11.3. The van der Waals surface area contributed by atoms with E-state index in [0.29, 0.717) is 18.0 Å². The van der Waals surface area contributed by atoms with Crippen LogP contribution in [0.1, 0.15) is 5.56 Å². The van der Waals surface area contributed by atoms with Gasteiger partial charge >= 0.3 is 5.97 Å². The molecule has 0 radical (unpaired) electrons. The fraction of sp³-hybridized carbons (Fsp3) is 0.429. The lowest BCUT2D eigenvalue weighted by Crippen LogP contribution is -2.30. The first-order chi connectivity index (χ1) is 9.62. The maximum atomic E-state index is 11.3. The highest BCUT2D eigenvalue weighted by atomic mass is 16.5. The molecule has 6 heteroatoms. The van der Waals surface area contributed by atoms with Crippen molar-refractivity contribution >= 4 is 5.97 Å². The summed E-state index contributed by atoms with van der Waals surface area (Å²) in [7, 11) is 4.46. The molecule has 1 aromatic carbocycles. The summed E-state index contributed by atoms with van der Waals surface area (Å²) < 4.78 is 15.0. The van der Waals surface area contributed by atoms with E-state index in [1.165, 1.54) is 7.11 Å². The molecule has 0 amide bonds. The molecule has 20 heavy (non-hydrogen) atoms. The number of hydrogen-bond donors (Lipinski definition) is 0. The summed E-state index contributed by atoms with van der Waals surface area (Å²) >= 11 is 0. The van der Waals surface area contributed by atoms with Gasteiger partial charge in [0, 0.05) is 12.6 Å². The molecule has 0 aliphatic carbocycles. The SMILES string of the molecule is COC(=O)CN(CC#N)Cc1cc(OC)cc(OC)c1. The summed E-state index contributed by atoms with van der Waals surface area (Å²) in [5, 5.41) is 8.81. The van der Waals surface area contributed by atoms with Crippen molar-refractivity contribution in [3.8, 4) is 17.6 Å². The molecule has 6 nitrogen and oxygen atoms in total.